The van der Waals surface area contributed by atoms with E-state index in [2.05, 4.69) is 22.9 Å². The molecule has 0 aliphatic heterocycles. The first-order valence-electron chi connectivity index (χ1n) is 5.83. The molecule has 0 bridgehead atoms. The van der Waals surface area contributed by atoms with E-state index >= 15 is 0 Å². The van der Waals surface area contributed by atoms with Crippen molar-refractivity contribution in [2.45, 2.75) is 11.3 Å². The number of pyridine rings is 1. The van der Waals surface area contributed by atoms with Crippen molar-refractivity contribution in [2.24, 2.45) is 0 Å². The predicted octanol–water partition coefficient (Wildman–Crippen LogP) is 3.00. The van der Waals surface area contributed by atoms with Crippen molar-refractivity contribution in [1.82, 2.24) is 10.3 Å². The minimum Gasteiger partial charge on any atom is -0.352 e. The second-order valence-corrected chi connectivity index (χ2v) is 4.91. The van der Waals surface area contributed by atoms with Crippen molar-refractivity contribution in [3.63, 3.8) is 0 Å². The van der Waals surface area contributed by atoms with Crippen LogP contribution < -0.4 is 5.32 Å². The molecule has 0 spiro atoms. The molecule has 1 N–H and O–H groups in total. The molecule has 19 heavy (non-hydrogen) atoms. The zero-order valence-electron chi connectivity index (χ0n) is 10.1. The third-order valence-electron chi connectivity index (χ3n) is 2.59. The summed E-state index contributed by atoms with van der Waals surface area (Å²) in [6.07, 6.45) is 2.42. The number of rotatable bonds is 4. The van der Waals surface area contributed by atoms with Crippen molar-refractivity contribution in [3.05, 3.63) is 58.9 Å². The zero-order valence-corrected chi connectivity index (χ0v) is 11.8. The lowest BCUT2D eigenvalue weighted by molar-refractivity contribution is 0.0954. The van der Waals surface area contributed by atoms with E-state index in [0.717, 1.165) is 5.69 Å². The van der Waals surface area contributed by atoms with E-state index in [0.29, 0.717) is 28.4 Å². The summed E-state index contributed by atoms with van der Waals surface area (Å²) in [5.41, 5.74) is 1.38. The highest BCUT2D eigenvalue weighted by Gasteiger charge is 2.10. The van der Waals surface area contributed by atoms with Crippen LogP contribution in [-0.4, -0.2) is 17.4 Å². The van der Waals surface area contributed by atoms with Gasteiger partial charge in [0.25, 0.3) is 5.91 Å². The highest BCUT2D eigenvalue weighted by Crippen LogP contribution is 2.19. The van der Waals surface area contributed by atoms with Gasteiger partial charge in [-0.1, -0.05) is 17.7 Å². The predicted molar refractivity (Wildman–Crippen MR) is 79.0 cm³/mol. The van der Waals surface area contributed by atoms with Crippen LogP contribution in [0, 0.1) is 0 Å². The van der Waals surface area contributed by atoms with Crippen LogP contribution in [0.5, 0.6) is 0 Å². The summed E-state index contributed by atoms with van der Waals surface area (Å²) in [7, 11) is 0. The first-order valence-corrected chi connectivity index (χ1v) is 6.66. The van der Waals surface area contributed by atoms with Gasteiger partial charge in [0.2, 0.25) is 0 Å². The minimum absolute atomic E-state index is 0.197. The van der Waals surface area contributed by atoms with Crippen LogP contribution in [0.2, 0.25) is 5.02 Å². The molecule has 1 aromatic carbocycles. The van der Waals surface area contributed by atoms with Crippen molar-refractivity contribution in [1.29, 1.82) is 0 Å². The molecular weight excluding hydrogens is 280 g/mol. The van der Waals surface area contributed by atoms with E-state index in [-0.39, 0.29) is 5.91 Å². The quantitative estimate of drug-likeness (QED) is 0.851. The molecule has 0 saturated heterocycles. The Morgan fingerprint density at radius 1 is 1.32 bits per heavy atom. The van der Waals surface area contributed by atoms with Gasteiger partial charge in [-0.25, -0.2) is 0 Å². The van der Waals surface area contributed by atoms with Crippen molar-refractivity contribution in [2.75, 3.05) is 6.54 Å². The van der Waals surface area contributed by atoms with Crippen molar-refractivity contribution in [3.8, 4) is 0 Å². The molecule has 0 unspecified atom stereocenters. The van der Waals surface area contributed by atoms with Gasteiger partial charge in [-0.3, -0.25) is 9.78 Å². The van der Waals surface area contributed by atoms with Crippen LogP contribution in [0.25, 0.3) is 0 Å². The Hall–Kier alpha value is -1.52. The Bertz CT molecular complexity index is 575. The first kappa shape index (κ1) is 13.9. The normalized spacial score (nSPS) is 10.2. The van der Waals surface area contributed by atoms with Crippen LogP contribution in [0.15, 0.2) is 47.5 Å². The standard InChI is InChI=1S/C14H13ClN2OS/c15-13-5-4-11(19)9-12(13)14(18)17-8-6-10-3-1-2-7-16-10/h1-5,7,9,19H,6,8H2,(H,17,18). The molecule has 1 aromatic heterocycles. The van der Waals surface area contributed by atoms with Gasteiger partial charge in [0.1, 0.15) is 0 Å². The van der Waals surface area contributed by atoms with Gasteiger partial charge in [-0.2, -0.15) is 0 Å². The van der Waals surface area contributed by atoms with Crippen molar-refractivity contribution < 1.29 is 4.79 Å². The number of hydrogen-bond acceptors (Lipinski definition) is 3. The number of amides is 1. The topological polar surface area (TPSA) is 42.0 Å². The second kappa shape index (κ2) is 6.59. The van der Waals surface area contributed by atoms with Gasteiger partial charge >= 0.3 is 0 Å². The van der Waals surface area contributed by atoms with Gasteiger partial charge in [-0.15, -0.1) is 12.6 Å². The molecule has 0 aliphatic carbocycles. The number of nitrogens with one attached hydrogen (secondary N) is 1. The third kappa shape index (κ3) is 3.98. The molecular formula is C14H13ClN2OS. The molecule has 0 aliphatic rings. The summed E-state index contributed by atoms with van der Waals surface area (Å²) in [5.74, 6) is -0.197. The van der Waals surface area contributed by atoms with E-state index in [4.69, 9.17) is 11.6 Å². The largest absolute Gasteiger partial charge is 0.352 e. The summed E-state index contributed by atoms with van der Waals surface area (Å²) < 4.78 is 0. The molecule has 0 fully saturated rings. The Morgan fingerprint density at radius 3 is 2.89 bits per heavy atom. The van der Waals surface area contributed by atoms with E-state index in [9.17, 15) is 4.79 Å². The molecule has 1 heterocycles. The van der Waals surface area contributed by atoms with Crippen LogP contribution in [-0.2, 0) is 6.42 Å². The van der Waals surface area contributed by atoms with Gasteiger partial charge in [0, 0.05) is 29.8 Å². The van der Waals surface area contributed by atoms with Gasteiger partial charge in [0.15, 0.2) is 0 Å². The van der Waals surface area contributed by atoms with Crippen molar-refractivity contribution >= 4 is 30.1 Å². The number of halogens is 1. The Balaban J connectivity index is 1.93. The summed E-state index contributed by atoms with van der Waals surface area (Å²) in [5, 5.41) is 3.24. The smallest absolute Gasteiger partial charge is 0.252 e. The number of benzene rings is 1. The lowest BCUT2D eigenvalue weighted by Crippen LogP contribution is -2.26. The Kier molecular flexibility index (Phi) is 4.82. The summed E-state index contributed by atoms with van der Waals surface area (Å²) >= 11 is 10.2. The van der Waals surface area contributed by atoms with E-state index in [1.807, 2.05) is 18.2 Å². The molecule has 0 atom stereocenters. The molecule has 2 aromatic rings. The zero-order chi connectivity index (χ0) is 13.7. The number of carbonyl (C=O) groups is 1. The molecule has 5 heteroatoms. The maximum absolute atomic E-state index is 12.0. The van der Waals surface area contributed by atoms with Crippen LogP contribution in [0.1, 0.15) is 16.1 Å². The lowest BCUT2D eigenvalue weighted by atomic mass is 10.2. The number of aromatic nitrogens is 1. The maximum atomic E-state index is 12.0. The van der Waals surface area contributed by atoms with Crippen LogP contribution >= 0.6 is 24.2 Å². The summed E-state index contributed by atoms with van der Waals surface area (Å²) in [6.45, 7) is 0.517. The number of thiol groups is 1. The van der Waals surface area contributed by atoms with Gasteiger partial charge in [-0.05, 0) is 30.3 Å². The number of carbonyl (C=O) groups excluding carboxylic acids is 1. The second-order valence-electron chi connectivity index (χ2n) is 3.99. The fourth-order valence-electron chi connectivity index (χ4n) is 1.63. The third-order valence-corrected chi connectivity index (χ3v) is 3.20. The van der Waals surface area contributed by atoms with E-state index in [1.165, 1.54) is 0 Å². The SMILES string of the molecule is O=C(NCCc1ccccn1)c1cc(S)ccc1Cl. The molecule has 98 valence electrons. The monoisotopic (exact) mass is 292 g/mol. The Labute approximate surface area is 122 Å². The fraction of sp³-hybridized carbons (Fsp3) is 0.143. The average molecular weight is 293 g/mol. The molecule has 3 nitrogen and oxygen atoms in total. The highest BCUT2D eigenvalue weighted by molar-refractivity contribution is 7.80. The Morgan fingerprint density at radius 2 is 2.16 bits per heavy atom. The molecule has 2 rings (SSSR count). The van der Waals surface area contributed by atoms with Gasteiger partial charge in [0.05, 0.1) is 10.6 Å². The molecule has 0 radical (unpaired) electrons. The minimum atomic E-state index is -0.197. The van der Waals surface area contributed by atoms with E-state index in [1.54, 1.807) is 24.4 Å². The average Bonchev–Trinajstić information content (AvgIpc) is 2.42. The summed E-state index contributed by atoms with van der Waals surface area (Å²) in [4.78, 5) is 16.9. The fourth-order valence-corrected chi connectivity index (χ4v) is 2.04. The maximum Gasteiger partial charge on any atom is 0.252 e. The summed E-state index contributed by atoms with van der Waals surface area (Å²) in [6, 6.07) is 10.8. The van der Waals surface area contributed by atoms with E-state index < -0.39 is 0 Å². The highest BCUT2D eigenvalue weighted by atomic mass is 35.5. The number of hydrogen-bond donors (Lipinski definition) is 2. The van der Waals surface area contributed by atoms with Gasteiger partial charge < -0.3 is 5.32 Å². The molecule has 0 saturated carbocycles. The number of nitrogens with zero attached hydrogens (tertiary/aromatic N) is 1. The first-order chi connectivity index (χ1) is 9.16. The molecule has 1 amide bonds. The lowest BCUT2D eigenvalue weighted by Gasteiger charge is -2.07. The van der Waals surface area contributed by atoms with Crippen LogP contribution in [0.3, 0.4) is 0 Å². The van der Waals surface area contributed by atoms with Crippen LogP contribution in [0.4, 0.5) is 0 Å².